The van der Waals surface area contributed by atoms with Crippen LogP contribution in [0.25, 0.3) is 5.69 Å². The number of rotatable bonds is 6. The third kappa shape index (κ3) is 2.79. The van der Waals surface area contributed by atoms with E-state index in [1.165, 1.54) is 0 Å². The summed E-state index contributed by atoms with van der Waals surface area (Å²) >= 11 is 0. The lowest BCUT2D eigenvalue weighted by molar-refractivity contribution is 0.414. The monoisotopic (exact) mass is 274 g/mol. The first kappa shape index (κ1) is 14.4. The molecule has 20 heavy (non-hydrogen) atoms. The molecule has 0 aliphatic heterocycles. The van der Waals surface area contributed by atoms with Gasteiger partial charge in [0.15, 0.2) is 5.75 Å². The smallest absolute Gasteiger partial charge is 0.160 e. The summed E-state index contributed by atoms with van der Waals surface area (Å²) in [6, 6.07) is 7.71. The minimum absolute atomic E-state index is 0.344. The van der Waals surface area contributed by atoms with Gasteiger partial charge in [-0.25, -0.2) is 4.68 Å². The summed E-state index contributed by atoms with van der Waals surface area (Å²) in [6.45, 7) is 4.17. The molecule has 0 fully saturated rings. The molecule has 4 heteroatoms. The third-order valence-corrected chi connectivity index (χ3v) is 3.44. The number of aromatic nitrogens is 2. The lowest BCUT2D eigenvalue weighted by Crippen LogP contribution is -2.01. The topological polar surface area (TPSA) is 47.3 Å². The number of benzene rings is 1. The van der Waals surface area contributed by atoms with Gasteiger partial charge in [0.2, 0.25) is 0 Å². The van der Waals surface area contributed by atoms with Crippen LogP contribution in [0.15, 0.2) is 24.3 Å². The predicted molar refractivity (Wildman–Crippen MR) is 79.8 cm³/mol. The van der Waals surface area contributed by atoms with Crippen molar-refractivity contribution in [3.63, 3.8) is 0 Å². The molecular weight excluding hydrogens is 252 g/mol. The van der Waals surface area contributed by atoms with Crippen molar-refractivity contribution in [2.75, 3.05) is 7.11 Å². The summed E-state index contributed by atoms with van der Waals surface area (Å²) in [5, 5.41) is 14.9. The van der Waals surface area contributed by atoms with Gasteiger partial charge in [-0.2, -0.15) is 5.10 Å². The van der Waals surface area contributed by atoms with Gasteiger partial charge in [0, 0.05) is 0 Å². The summed E-state index contributed by atoms with van der Waals surface area (Å²) < 4.78 is 7.00. The molecule has 4 nitrogen and oxygen atoms in total. The molecule has 1 N–H and O–H groups in total. The van der Waals surface area contributed by atoms with Gasteiger partial charge in [-0.15, -0.1) is 0 Å². The van der Waals surface area contributed by atoms with Crippen LogP contribution in [0.4, 0.5) is 0 Å². The molecule has 0 spiro atoms. The highest BCUT2D eigenvalue weighted by Gasteiger charge is 2.16. The highest BCUT2D eigenvalue weighted by Crippen LogP contribution is 2.27. The summed E-state index contributed by atoms with van der Waals surface area (Å²) in [5.74, 6) is 1.16. The van der Waals surface area contributed by atoms with Crippen molar-refractivity contribution in [2.45, 2.75) is 39.5 Å². The van der Waals surface area contributed by atoms with E-state index in [0.29, 0.717) is 5.75 Å². The van der Waals surface area contributed by atoms with Gasteiger partial charge < -0.3 is 9.84 Å². The van der Waals surface area contributed by atoms with E-state index in [0.717, 1.165) is 48.5 Å². The van der Waals surface area contributed by atoms with Crippen molar-refractivity contribution < 1.29 is 9.84 Å². The van der Waals surface area contributed by atoms with Crippen LogP contribution in [0.1, 0.15) is 38.1 Å². The largest absolute Gasteiger partial charge is 0.504 e. The quantitative estimate of drug-likeness (QED) is 0.877. The molecule has 0 aliphatic rings. The molecule has 2 aromatic rings. The zero-order valence-corrected chi connectivity index (χ0v) is 12.4. The van der Waals surface area contributed by atoms with Crippen molar-refractivity contribution in [1.29, 1.82) is 0 Å². The van der Waals surface area contributed by atoms with Crippen LogP contribution in [0, 0.1) is 0 Å². The van der Waals surface area contributed by atoms with E-state index >= 15 is 0 Å². The second kappa shape index (κ2) is 6.46. The number of aryl methyl sites for hydroxylation is 1. The molecule has 0 saturated heterocycles. The summed E-state index contributed by atoms with van der Waals surface area (Å²) in [5.41, 5.74) is 2.60. The number of hydrogen-bond donors (Lipinski definition) is 1. The lowest BCUT2D eigenvalue weighted by Gasteiger charge is -2.06. The second-order valence-corrected chi connectivity index (χ2v) is 4.81. The molecule has 0 radical (unpaired) electrons. The Morgan fingerprint density at radius 2 is 1.90 bits per heavy atom. The number of hydrogen-bond acceptors (Lipinski definition) is 3. The molecule has 0 atom stereocenters. The Morgan fingerprint density at radius 3 is 2.45 bits per heavy atom. The number of unbranched alkanes of at least 4 members (excludes halogenated alkanes) is 1. The van der Waals surface area contributed by atoms with Crippen LogP contribution in [-0.2, 0) is 12.8 Å². The number of methoxy groups -OCH3 is 1. The van der Waals surface area contributed by atoms with E-state index < -0.39 is 0 Å². The average molecular weight is 274 g/mol. The Morgan fingerprint density at radius 1 is 1.20 bits per heavy atom. The summed E-state index contributed by atoms with van der Waals surface area (Å²) in [4.78, 5) is 0. The molecule has 1 heterocycles. The Labute approximate surface area is 120 Å². The molecule has 0 aliphatic carbocycles. The van der Waals surface area contributed by atoms with Gasteiger partial charge in [0.1, 0.15) is 11.4 Å². The van der Waals surface area contributed by atoms with Crippen molar-refractivity contribution in [2.24, 2.45) is 0 Å². The Bertz CT molecular complexity index is 559. The zero-order valence-electron chi connectivity index (χ0n) is 12.4. The van der Waals surface area contributed by atoms with Crippen LogP contribution in [0.5, 0.6) is 11.5 Å². The minimum Gasteiger partial charge on any atom is -0.504 e. The third-order valence-electron chi connectivity index (χ3n) is 3.44. The summed E-state index contributed by atoms with van der Waals surface area (Å²) in [7, 11) is 1.65. The fraction of sp³-hybridized carbons (Fsp3) is 0.438. The van der Waals surface area contributed by atoms with Crippen LogP contribution in [0.3, 0.4) is 0 Å². The molecule has 0 saturated carbocycles. The molecule has 0 amide bonds. The van der Waals surface area contributed by atoms with E-state index in [-0.39, 0.29) is 0 Å². The standard InChI is InChI=1S/C16H22N2O2/c1-4-6-7-14-16(19)15(5-2)18(17-14)12-8-10-13(20-3)11-9-12/h8-11,19H,4-7H2,1-3H3. The lowest BCUT2D eigenvalue weighted by atomic mass is 10.1. The van der Waals surface area contributed by atoms with Crippen LogP contribution < -0.4 is 4.74 Å². The van der Waals surface area contributed by atoms with Gasteiger partial charge in [-0.3, -0.25) is 0 Å². The first-order valence-corrected chi connectivity index (χ1v) is 7.15. The molecule has 0 unspecified atom stereocenters. The van der Waals surface area contributed by atoms with Crippen molar-refractivity contribution in [1.82, 2.24) is 9.78 Å². The van der Waals surface area contributed by atoms with E-state index in [1.807, 2.05) is 35.9 Å². The van der Waals surface area contributed by atoms with E-state index in [1.54, 1.807) is 7.11 Å². The fourth-order valence-electron chi connectivity index (χ4n) is 2.26. The molecule has 2 rings (SSSR count). The molecular formula is C16H22N2O2. The summed E-state index contributed by atoms with van der Waals surface area (Å²) in [6.07, 6.45) is 3.70. The fourth-order valence-corrected chi connectivity index (χ4v) is 2.26. The van der Waals surface area contributed by atoms with Crippen LogP contribution in [-0.4, -0.2) is 22.0 Å². The zero-order chi connectivity index (χ0) is 14.5. The maximum Gasteiger partial charge on any atom is 0.160 e. The van der Waals surface area contributed by atoms with Crippen LogP contribution in [0.2, 0.25) is 0 Å². The molecule has 0 bridgehead atoms. The van der Waals surface area contributed by atoms with Gasteiger partial charge in [0.25, 0.3) is 0 Å². The maximum absolute atomic E-state index is 10.3. The van der Waals surface area contributed by atoms with Crippen molar-refractivity contribution in [3.05, 3.63) is 35.7 Å². The number of aromatic hydroxyl groups is 1. The Hall–Kier alpha value is -1.97. The number of nitrogens with zero attached hydrogens (tertiary/aromatic N) is 2. The van der Waals surface area contributed by atoms with E-state index in [4.69, 9.17) is 4.74 Å². The average Bonchev–Trinajstić information content (AvgIpc) is 2.81. The highest BCUT2D eigenvalue weighted by atomic mass is 16.5. The maximum atomic E-state index is 10.3. The molecule has 108 valence electrons. The SMILES string of the molecule is CCCCc1nn(-c2ccc(OC)cc2)c(CC)c1O. The van der Waals surface area contributed by atoms with Gasteiger partial charge >= 0.3 is 0 Å². The normalized spacial score (nSPS) is 10.8. The number of ether oxygens (including phenoxy) is 1. The first-order valence-electron chi connectivity index (χ1n) is 7.15. The Kier molecular flexibility index (Phi) is 4.66. The Balaban J connectivity index is 2.38. The van der Waals surface area contributed by atoms with Crippen molar-refractivity contribution >= 4 is 0 Å². The van der Waals surface area contributed by atoms with E-state index in [2.05, 4.69) is 12.0 Å². The second-order valence-electron chi connectivity index (χ2n) is 4.81. The molecule has 1 aromatic heterocycles. The van der Waals surface area contributed by atoms with Gasteiger partial charge in [0.05, 0.1) is 18.5 Å². The molecule has 1 aromatic carbocycles. The van der Waals surface area contributed by atoms with Gasteiger partial charge in [-0.05, 0) is 43.5 Å². The highest BCUT2D eigenvalue weighted by molar-refractivity contribution is 5.43. The first-order chi connectivity index (χ1) is 9.71. The predicted octanol–water partition coefficient (Wildman–Crippen LogP) is 3.49. The van der Waals surface area contributed by atoms with Crippen molar-refractivity contribution in [3.8, 4) is 17.2 Å². The van der Waals surface area contributed by atoms with Crippen LogP contribution >= 0.6 is 0 Å². The van der Waals surface area contributed by atoms with E-state index in [9.17, 15) is 5.11 Å². The van der Waals surface area contributed by atoms with Gasteiger partial charge in [-0.1, -0.05) is 20.3 Å². The minimum atomic E-state index is 0.344.